The van der Waals surface area contributed by atoms with Crippen LogP contribution < -0.4 is 11.2 Å². The minimum absolute atomic E-state index is 0.0143. The van der Waals surface area contributed by atoms with Gasteiger partial charge in [0.05, 0.1) is 33.8 Å². The number of ether oxygens (including phenoxy) is 1. The van der Waals surface area contributed by atoms with Crippen LogP contribution in [0.5, 0.6) is 0 Å². The summed E-state index contributed by atoms with van der Waals surface area (Å²) in [4.78, 5) is 53.6. The van der Waals surface area contributed by atoms with Crippen LogP contribution in [0, 0.1) is 5.82 Å². The number of aromatic nitrogens is 2. The predicted molar refractivity (Wildman–Crippen MR) is 116 cm³/mol. The van der Waals surface area contributed by atoms with Crippen LogP contribution in [0.2, 0.25) is 5.02 Å². The fourth-order valence-electron chi connectivity index (χ4n) is 3.09. The van der Waals surface area contributed by atoms with Crippen LogP contribution in [-0.4, -0.2) is 54.2 Å². The molecule has 35 heavy (non-hydrogen) atoms. The number of halogens is 5. The highest BCUT2D eigenvalue weighted by atomic mass is 35.5. The number of hydrogen-bond acceptors (Lipinski definition) is 7. The van der Waals surface area contributed by atoms with Crippen molar-refractivity contribution in [3.63, 3.8) is 0 Å². The smallest absolute Gasteiger partial charge is 0.431 e. The molecule has 0 N–H and O–H groups in total. The average Bonchev–Trinajstić information content (AvgIpc) is 3.00. The lowest BCUT2D eigenvalue weighted by Gasteiger charge is -2.16. The number of carbonyl (C=O) groups excluding carboxylic acids is 2. The Morgan fingerprint density at radius 3 is 2.49 bits per heavy atom. The molecule has 1 aromatic carbocycles. The van der Waals surface area contributed by atoms with Crippen molar-refractivity contribution in [2.75, 3.05) is 18.9 Å². The number of esters is 1. The van der Waals surface area contributed by atoms with Gasteiger partial charge in [-0.3, -0.25) is 28.1 Å². The van der Waals surface area contributed by atoms with E-state index in [1.807, 2.05) is 0 Å². The van der Waals surface area contributed by atoms with E-state index in [-0.39, 0.29) is 27.5 Å². The minimum Gasteiger partial charge on any atom is -0.465 e. The second-order valence-corrected chi connectivity index (χ2v) is 8.72. The molecule has 0 aliphatic carbocycles. The maximum absolute atomic E-state index is 14.7. The quantitative estimate of drug-likeness (QED) is 0.420. The molecule has 0 bridgehead atoms. The number of rotatable bonds is 5. The Morgan fingerprint density at radius 1 is 1.23 bits per heavy atom. The Bertz CT molecular complexity index is 1400. The molecule has 0 radical (unpaired) electrons. The summed E-state index contributed by atoms with van der Waals surface area (Å²) >= 11 is 5.99. The van der Waals surface area contributed by atoms with Gasteiger partial charge in [0.2, 0.25) is 11.1 Å². The van der Waals surface area contributed by atoms with Crippen LogP contribution in [0.15, 0.2) is 32.8 Å². The van der Waals surface area contributed by atoms with Gasteiger partial charge in [0.25, 0.3) is 5.56 Å². The molecule has 188 valence electrons. The number of nitrogens with zero attached hydrogens (tertiary/aromatic N) is 4. The van der Waals surface area contributed by atoms with E-state index in [2.05, 4.69) is 4.99 Å². The molecular weight excluding hydrogens is 524 g/mol. The van der Waals surface area contributed by atoms with Gasteiger partial charge in [-0.25, -0.2) is 18.7 Å². The van der Waals surface area contributed by atoms with Crippen molar-refractivity contribution < 1.29 is 36.1 Å². The monoisotopic (exact) mass is 538 g/mol. The molecule has 1 saturated heterocycles. The topological polar surface area (TPSA) is 120 Å². The lowest BCUT2D eigenvalue weighted by atomic mass is 10.2. The Hall–Kier alpha value is -3.33. The molecule has 1 aliphatic rings. The second kappa shape index (κ2) is 9.73. The summed E-state index contributed by atoms with van der Waals surface area (Å²) in [6.45, 7) is 0.923. The molecule has 0 saturated carbocycles. The van der Waals surface area contributed by atoms with Crippen LogP contribution in [0.1, 0.15) is 12.6 Å². The number of benzene rings is 1. The zero-order chi connectivity index (χ0) is 26.2. The summed E-state index contributed by atoms with van der Waals surface area (Å²) in [6, 6.07) is 1.52. The van der Waals surface area contributed by atoms with Gasteiger partial charge < -0.3 is 4.74 Å². The van der Waals surface area contributed by atoms with E-state index in [0.29, 0.717) is 6.07 Å². The molecule has 3 rings (SSSR count). The molecule has 0 spiro atoms. The Morgan fingerprint density at radius 2 is 1.89 bits per heavy atom. The summed E-state index contributed by atoms with van der Waals surface area (Å²) in [6.07, 6.45) is -5.02. The normalized spacial score (nSPS) is 17.3. The van der Waals surface area contributed by atoms with Crippen molar-refractivity contribution in [1.29, 1.82) is 0 Å². The first kappa shape index (κ1) is 26.3. The van der Waals surface area contributed by atoms with E-state index >= 15 is 0 Å². The molecule has 1 aliphatic heterocycles. The van der Waals surface area contributed by atoms with Crippen LogP contribution in [-0.2, 0) is 38.3 Å². The summed E-state index contributed by atoms with van der Waals surface area (Å²) in [7, 11) is -1.28. The number of amidine groups is 1. The van der Waals surface area contributed by atoms with E-state index in [9.17, 15) is 40.9 Å². The van der Waals surface area contributed by atoms with Gasteiger partial charge in [-0.2, -0.15) is 13.2 Å². The first-order chi connectivity index (χ1) is 16.3. The van der Waals surface area contributed by atoms with Gasteiger partial charge in [0.1, 0.15) is 23.8 Å². The highest BCUT2D eigenvalue weighted by Crippen LogP contribution is 2.31. The van der Waals surface area contributed by atoms with Crippen molar-refractivity contribution in [2.45, 2.75) is 13.1 Å². The second-order valence-electron chi connectivity index (χ2n) is 6.97. The molecule has 1 aromatic heterocycles. The van der Waals surface area contributed by atoms with Gasteiger partial charge in [0, 0.05) is 13.1 Å². The van der Waals surface area contributed by atoms with E-state index < -0.39 is 79.8 Å². The zero-order valence-corrected chi connectivity index (χ0v) is 19.5. The third kappa shape index (κ3) is 5.19. The number of alkyl halides is 3. The van der Waals surface area contributed by atoms with Crippen LogP contribution in [0.3, 0.4) is 0 Å². The van der Waals surface area contributed by atoms with Crippen LogP contribution >= 0.6 is 11.6 Å². The molecule has 1 fully saturated rings. The van der Waals surface area contributed by atoms with Gasteiger partial charge in [-0.1, -0.05) is 11.6 Å². The zero-order valence-electron chi connectivity index (χ0n) is 17.9. The predicted octanol–water partition coefficient (Wildman–Crippen LogP) is 1.49. The third-order valence-corrected chi connectivity index (χ3v) is 6.20. The van der Waals surface area contributed by atoms with Crippen molar-refractivity contribution in [3.8, 4) is 5.69 Å². The van der Waals surface area contributed by atoms with Crippen LogP contribution in [0.25, 0.3) is 5.69 Å². The molecule has 2 heterocycles. The number of amides is 1. The van der Waals surface area contributed by atoms with Gasteiger partial charge in [-0.15, -0.1) is 0 Å². The van der Waals surface area contributed by atoms with E-state index in [4.69, 9.17) is 16.3 Å². The van der Waals surface area contributed by atoms with Crippen molar-refractivity contribution in [1.82, 2.24) is 14.0 Å². The maximum Gasteiger partial charge on any atom is 0.431 e. The highest BCUT2D eigenvalue weighted by Gasteiger charge is 2.37. The Labute approximate surface area is 200 Å². The first-order valence-corrected chi connectivity index (χ1v) is 11.3. The average molecular weight is 539 g/mol. The van der Waals surface area contributed by atoms with Gasteiger partial charge >= 0.3 is 17.8 Å². The largest absolute Gasteiger partial charge is 0.465 e. The molecule has 10 nitrogen and oxygen atoms in total. The van der Waals surface area contributed by atoms with Gasteiger partial charge in [0.15, 0.2) is 0 Å². The van der Waals surface area contributed by atoms with Gasteiger partial charge in [-0.05, 0) is 19.1 Å². The minimum atomic E-state index is -5.02. The Balaban J connectivity index is 2.17. The third-order valence-electron chi connectivity index (χ3n) is 4.67. The van der Waals surface area contributed by atoms with E-state index in [1.54, 1.807) is 0 Å². The fourth-order valence-corrected chi connectivity index (χ4v) is 4.41. The number of hydrogen-bond donors (Lipinski definition) is 0. The molecule has 1 unspecified atom stereocenters. The molecule has 1 atom stereocenters. The maximum atomic E-state index is 14.7. The van der Waals surface area contributed by atoms with Crippen LogP contribution in [0.4, 0.5) is 23.2 Å². The Kier molecular flexibility index (Phi) is 7.31. The molecule has 1 amide bonds. The molecule has 2 aromatic rings. The van der Waals surface area contributed by atoms with Crippen molar-refractivity contribution >= 4 is 45.1 Å². The van der Waals surface area contributed by atoms with E-state index in [1.165, 1.54) is 6.92 Å². The highest BCUT2D eigenvalue weighted by molar-refractivity contribution is 8.01. The standard InChI is InChI=1S/C19H15ClF4N4O6S/c1-3-34-16(31)7-27-15(30)8-35(33)17(27)25-11-5-12(10(21)4-9(11)20)28-14(29)6-13(19(22,23)24)26(2)18(28)32/h4-6H,3,7-8H2,1-2H3. The summed E-state index contributed by atoms with van der Waals surface area (Å²) in [5.41, 5.74) is -5.70. The number of aliphatic imine (C=N–C) groups is 1. The summed E-state index contributed by atoms with van der Waals surface area (Å²) < 4.78 is 71.4. The summed E-state index contributed by atoms with van der Waals surface area (Å²) in [5, 5.41) is -0.821. The molecule has 16 heteroatoms. The summed E-state index contributed by atoms with van der Waals surface area (Å²) in [5.74, 6) is -3.30. The first-order valence-electron chi connectivity index (χ1n) is 9.59. The lowest BCUT2D eigenvalue weighted by molar-refractivity contribution is -0.146. The SMILES string of the molecule is CCOC(=O)CN1C(=O)CS(=O)C1=Nc1cc(-n2c(=O)cc(C(F)(F)F)n(C)c2=O)c(F)cc1Cl. The number of carbonyl (C=O) groups is 2. The molecular formula is C19H15ClF4N4O6S. The van der Waals surface area contributed by atoms with Crippen molar-refractivity contribution in [3.05, 3.63) is 55.6 Å². The lowest BCUT2D eigenvalue weighted by Crippen LogP contribution is -2.41. The van der Waals surface area contributed by atoms with E-state index in [0.717, 1.165) is 18.0 Å². The fraction of sp³-hybridized carbons (Fsp3) is 0.316. The van der Waals surface area contributed by atoms with Crippen molar-refractivity contribution in [2.24, 2.45) is 12.0 Å².